The summed E-state index contributed by atoms with van der Waals surface area (Å²) in [5.74, 6) is -0.763. The van der Waals surface area contributed by atoms with Gasteiger partial charge in [0.05, 0.1) is 10.5 Å². The SMILES string of the molecule is CC1(C)CC(=O)C2=C(C1)N(CCc1ccccc1)C1=C(C(=O)CC(C)(C)C1)C2c1ccc(Oc2ccc(C(F)(F)F)cc2[N+](=O)[O-])cc1. The first-order chi connectivity index (χ1) is 22.5. The molecule has 3 aromatic carbocycles. The maximum absolute atomic E-state index is 14.1. The molecule has 48 heavy (non-hydrogen) atoms. The predicted octanol–water partition coefficient (Wildman–Crippen LogP) is 9.33. The van der Waals surface area contributed by atoms with Crippen molar-refractivity contribution in [2.24, 2.45) is 10.8 Å². The first-order valence-electron chi connectivity index (χ1n) is 16.0. The Balaban J connectivity index is 1.41. The molecule has 0 aromatic heterocycles. The number of nitrogens with zero attached hydrogens (tertiary/aromatic N) is 2. The van der Waals surface area contributed by atoms with Crippen LogP contribution in [0.4, 0.5) is 18.9 Å². The second-order valence-electron chi connectivity index (χ2n) is 14.5. The summed E-state index contributed by atoms with van der Waals surface area (Å²) in [6.45, 7) is 8.98. The van der Waals surface area contributed by atoms with Crippen LogP contribution in [0.15, 0.2) is 95.3 Å². The molecule has 10 heteroatoms. The van der Waals surface area contributed by atoms with Gasteiger partial charge in [-0.1, -0.05) is 70.2 Å². The molecular formula is C38H37F3N2O5. The van der Waals surface area contributed by atoms with Gasteiger partial charge in [0.25, 0.3) is 0 Å². The standard InChI is InChI=1S/C38H37F3N2O5/c1-36(2)19-28-34(30(44)21-36)33(35-29(20-37(3,4)22-31(35)45)42(28)17-16-23-8-6-5-7-9-23)24-10-13-26(14-11-24)48-32-15-12-25(38(39,40)41)18-27(32)43(46)47/h5-15,18,33H,16-17,19-22H2,1-4H3. The fraction of sp³-hybridized carbons (Fsp3) is 0.368. The highest BCUT2D eigenvalue weighted by Crippen LogP contribution is 2.54. The van der Waals surface area contributed by atoms with Crippen LogP contribution in [0.3, 0.4) is 0 Å². The van der Waals surface area contributed by atoms with E-state index in [1.807, 2.05) is 18.2 Å². The van der Waals surface area contributed by atoms with Crippen LogP contribution >= 0.6 is 0 Å². The highest BCUT2D eigenvalue weighted by Gasteiger charge is 2.49. The van der Waals surface area contributed by atoms with E-state index in [-0.39, 0.29) is 33.9 Å². The Kier molecular flexibility index (Phi) is 8.34. The number of nitro benzene ring substituents is 1. The van der Waals surface area contributed by atoms with Crippen LogP contribution in [0, 0.1) is 20.9 Å². The molecule has 0 atom stereocenters. The molecule has 0 bridgehead atoms. The maximum Gasteiger partial charge on any atom is 0.416 e. The van der Waals surface area contributed by atoms with Crippen LogP contribution in [0.1, 0.15) is 76.0 Å². The first-order valence-corrected chi connectivity index (χ1v) is 16.0. The fourth-order valence-electron chi connectivity index (χ4n) is 7.31. The van der Waals surface area contributed by atoms with Gasteiger partial charge < -0.3 is 9.64 Å². The molecule has 0 saturated heterocycles. The minimum Gasteiger partial charge on any atom is -0.450 e. The van der Waals surface area contributed by atoms with Crippen molar-refractivity contribution in [3.63, 3.8) is 0 Å². The molecule has 0 unspecified atom stereocenters. The summed E-state index contributed by atoms with van der Waals surface area (Å²) in [4.78, 5) is 41.1. The highest BCUT2D eigenvalue weighted by atomic mass is 19.4. The van der Waals surface area contributed by atoms with E-state index in [4.69, 9.17) is 4.74 Å². The Hall–Kier alpha value is -4.73. The van der Waals surface area contributed by atoms with Gasteiger partial charge >= 0.3 is 11.9 Å². The third-order valence-electron chi connectivity index (χ3n) is 9.41. The molecule has 3 aromatic rings. The predicted molar refractivity (Wildman–Crippen MR) is 174 cm³/mol. The normalized spacial score (nSPS) is 19.3. The number of rotatable bonds is 7. The molecule has 7 nitrogen and oxygen atoms in total. The molecule has 0 spiro atoms. The number of ketones is 2. The summed E-state index contributed by atoms with van der Waals surface area (Å²) in [5, 5.41) is 11.6. The third kappa shape index (κ3) is 6.53. The highest BCUT2D eigenvalue weighted by molar-refractivity contribution is 6.06. The lowest BCUT2D eigenvalue weighted by atomic mass is 9.63. The molecule has 0 N–H and O–H groups in total. The Labute approximate surface area is 277 Å². The molecule has 0 fully saturated rings. The summed E-state index contributed by atoms with van der Waals surface area (Å²) < 4.78 is 45.3. The number of Topliss-reactive ketones (excluding diaryl/α,β-unsaturated/α-hetero) is 2. The average Bonchev–Trinajstić information content (AvgIpc) is 2.99. The lowest BCUT2D eigenvalue weighted by molar-refractivity contribution is -0.385. The quantitative estimate of drug-likeness (QED) is 0.186. The molecule has 1 aliphatic heterocycles. The maximum atomic E-state index is 14.1. The fourth-order valence-corrected chi connectivity index (χ4v) is 7.31. The van der Waals surface area contributed by atoms with Crippen molar-refractivity contribution >= 4 is 17.3 Å². The number of benzene rings is 3. The zero-order valence-corrected chi connectivity index (χ0v) is 27.3. The second kappa shape index (κ2) is 12.1. The smallest absolute Gasteiger partial charge is 0.416 e. The molecule has 0 radical (unpaired) electrons. The van der Waals surface area contributed by atoms with Crippen LogP contribution < -0.4 is 4.74 Å². The molecule has 0 amide bonds. The molecular weight excluding hydrogens is 621 g/mol. The van der Waals surface area contributed by atoms with Crippen LogP contribution in [-0.4, -0.2) is 27.9 Å². The number of allylic oxidation sites excluding steroid dienone is 4. The first kappa shape index (κ1) is 33.2. The zero-order valence-electron chi connectivity index (χ0n) is 27.3. The zero-order chi connectivity index (χ0) is 34.6. The number of ether oxygens (including phenoxy) is 1. The Morgan fingerprint density at radius 1 is 0.833 bits per heavy atom. The van der Waals surface area contributed by atoms with E-state index in [1.165, 1.54) is 0 Å². The van der Waals surface area contributed by atoms with Crippen LogP contribution in [0.25, 0.3) is 0 Å². The molecule has 2 aliphatic carbocycles. The van der Waals surface area contributed by atoms with Gasteiger partial charge in [-0.2, -0.15) is 13.2 Å². The summed E-state index contributed by atoms with van der Waals surface area (Å²) in [5.41, 5.74) is 2.50. The van der Waals surface area contributed by atoms with Gasteiger partial charge in [-0.3, -0.25) is 19.7 Å². The monoisotopic (exact) mass is 658 g/mol. The van der Waals surface area contributed by atoms with Crippen LogP contribution in [-0.2, 0) is 22.2 Å². The van der Waals surface area contributed by atoms with Crippen molar-refractivity contribution in [2.75, 3.05) is 6.54 Å². The number of nitro groups is 1. The summed E-state index contributed by atoms with van der Waals surface area (Å²) in [7, 11) is 0. The number of hydrogen-bond acceptors (Lipinski definition) is 6. The van der Waals surface area contributed by atoms with Crippen molar-refractivity contribution in [1.29, 1.82) is 0 Å². The second-order valence-corrected chi connectivity index (χ2v) is 14.5. The Morgan fingerprint density at radius 2 is 1.40 bits per heavy atom. The topological polar surface area (TPSA) is 89.8 Å². The molecule has 6 rings (SSSR count). The molecule has 250 valence electrons. The van der Waals surface area contributed by atoms with Crippen molar-refractivity contribution in [2.45, 2.75) is 71.9 Å². The van der Waals surface area contributed by atoms with E-state index in [0.29, 0.717) is 55.0 Å². The average molecular weight is 659 g/mol. The van der Waals surface area contributed by atoms with Gasteiger partial charge in [0, 0.05) is 53.9 Å². The van der Waals surface area contributed by atoms with Crippen molar-refractivity contribution in [3.8, 4) is 11.5 Å². The number of hydrogen-bond donors (Lipinski definition) is 0. The van der Waals surface area contributed by atoms with Gasteiger partial charge in [-0.25, -0.2) is 0 Å². The lowest BCUT2D eigenvalue weighted by Crippen LogP contribution is -2.45. The van der Waals surface area contributed by atoms with E-state index in [9.17, 15) is 32.9 Å². The lowest BCUT2D eigenvalue weighted by Gasteiger charge is -2.49. The minimum absolute atomic E-state index is 0.000788. The largest absolute Gasteiger partial charge is 0.450 e. The Bertz CT molecular complexity index is 1800. The van der Waals surface area contributed by atoms with Crippen LogP contribution in [0.2, 0.25) is 0 Å². The number of alkyl halides is 3. The van der Waals surface area contributed by atoms with Crippen LogP contribution in [0.5, 0.6) is 11.5 Å². The van der Waals surface area contributed by atoms with Gasteiger partial charge in [0.15, 0.2) is 11.6 Å². The van der Waals surface area contributed by atoms with Gasteiger partial charge in [-0.15, -0.1) is 0 Å². The van der Waals surface area contributed by atoms with Gasteiger partial charge in [0.1, 0.15) is 5.75 Å². The van der Waals surface area contributed by atoms with Crippen molar-refractivity contribution in [1.82, 2.24) is 4.90 Å². The summed E-state index contributed by atoms with van der Waals surface area (Å²) in [6, 6.07) is 18.8. The van der Waals surface area contributed by atoms with Gasteiger partial charge in [0.2, 0.25) is 5.75 Å². The third-order valence-corrected chi connectivity index (χ3v) is 9.41. The summed E-state index contributed by atoms with van der Waals surface area (Å²) >= 11 is 0. The van der Waals surface area contributed by atoms with E-state index in [2.05, 4.69) is 44.7 Å². The number of carbonyl (C=O) groups is 2. The van der Waals surface area contributed by atoms with Crippen molar-refractivity contribution < 1.29 is 32.4 Å². The molecule has 1 heterocycles. The number of halogens is 3. The van der Waals surface area contributed by atoms with E-state index in [1.54, 1.807) is 24.3 Å². The minimum atomic E-state index is -4.75. The molecule has 3 aliphatic rings. The van der Waals surface area contributed by atoms with E-state index in [0.717, 1.165) is 35.5 Å². The number of carbonyl (C=O) groups excluding carboxylic acids is 2. The van der Waals surface area contributed by atoms with Gasteiger partial charge in [-0.05, 0) is 65.5 Å². The summed E-state index contributed by atoms with van der Waals surface area (Å²) in [6.07, 6.45) is -1.98. The van der Waals surface area contributed by atoms with E-state index >= 15 is 0 Å². The van der Waals surface area contributed by atoms with E-state index < -0.39 is 28.3 Å². The van der Waals surface area contributed by atoms with Crippen molar-refractivity contribution in [3.05, 3.63) is 122 Å². The Morgan fingerprint density at radius 3 is 1.92 bits per heavy atom. The molecule has 0 saturated carbocycles.